The average Bonchev–Trinajstić information content (AvgIpc) is 3.09. The molecule has 0 saturated heterocycles. The molecule has 0 bridgehead atoms. The zero-order valence-corrected chi connectivity index (χ0v) is 15.0. The van der Waals surface area contributed by atoms with Crippen LogP contribution in [0.2, 0.25) is 0 Å². The number of aryl methyl sites for hydroxylation is 1. The second-order valence-electron chi connectivity index (χ2n) is 7.21. The number of carbonyl (C=O) groups excluding carboxylic acids is 1. The van der Waals surface area contributed by atoms with Crippen LogP contribution in [0, 0.1) is 11.8 Å². The number of aromatic nitrogens is 2. The van der Waals surface area contributed by atoms with Gasteiger partial charge in [-0.25, -0.2) is 4.98 Å². The van der Waals surface area contributed by atoms with Gasteiger partial charge < -0.3 is 14.6 Å². The van der Waals surface area contributed by atoms with E-state index in [1.54, 1.807) is 0 Å². The Morgan fingerprint density at radius 2 is 2.12 bits per heavy atom. The number of nitrogens with zero attached hydrogens (tertiary/aromatic N) is 3. The number of carbonyl (C=O) groups is 1. The zero-order valence-electron chi connectivity index (χ0n) is 15.0. The van der Waals surface area contributed by atoms with Crippen molar-refractivity contribution in [1.82, 2.24) is 14.5 Å². The van der Waals surface area contributed by atoms with Crippen LogP contribution in [0.25, 0.3) is 0 Å². The van der Waals surface area contributed by atoms with Crippen molar-refractivity contribution >= 4 is 5.91 Å². The molecule has 2 heterocycles. The summed E-state index contributed by atoms with van der Waals surface area (Å²) in [7, 11) is 0. The first-order valence-electron chi connectivity index (χ1n) is 9.04. The Morgan fingerprint density at radius 1 is 1.36 bits per heavy atom. The van der Waals surface area contributed by atoms with Crippen molar-refractivity contribution in [3.05, 3.63) is 54.1 Å². The Morgan fingerprint density at radius 3 is 2.80 bits per heavy atom. The van der Waals surface area contributed by atoms with Gasteiger partial charge in [0, 0.05) is 37.3 Å². The molecule has 1 amide bonds. The summed E-state index contributed by atoms with van der Waals surface area (Å²) in [4.78, 5) is 19.4. The first kappa shape index (κ1) is 17.7. The highest BCUT2D eigenvalue weighted by Crippen LogP contribution is 2.25. The maximum absolute atomic E-state index is 13.3. The smallest absolute Gasteiger partial charge is 0.226 e. The van der Waals surface area contributed by atoms with E-state index < -0.39 is 0 Å². The minimum atomic E-state index is -0.167. The number of imidazole rings is 1. The quantitative estimate of drug-likeness (QED) is 0.878. The van der Waals surface area contributed by atoms with Crippen molar-refractivity contribution in [3.63, 3.8) is 0 Å². The maximum Gasteiger partial charge on any atom is 0.226 e. The molecule has 0 aliphatic carbocycles. The molecule has 134 valence electrons. The number of aliphatic hydroxyl groups is 1. The van der Waals surface area contributed by atoms with Crippen LogP contribution in [0.15, 0.2) is 42.9 Å². The van der Waals surface area contributed by atoms with Gasteiger partial charge in [0.05, 0.1) is 19.0 Å². The topological polar surface area (TPSA) is 58.4 Å². The van der Waals surface area contributed by atoms with E-state index in [-0.39, 0.29) is 30.4 Å². The Balaban J connectivity index is 1.81. The molecule has 1 aliphatic heterocycles. The predicted molar refractivity (Wildman–Crippen MR) is 96.7 cm³/mol. The SMILES string of the molecule is CC(C)[C@H](CO)N(Cc1ccccc1)C(=O)[C@H]1CCn2cncc2C1. The average molecular weight is 341 g/mol. The normalized spacial score (nSPS) is 18.0. The fraction of sp³-hybridized carbons (Fsp3) is 0.500. The Bertz CT molecular complexity index is 696. The molecule has 1 aromatic carbocycles. The van der Waals surface area contributed by atoms with Gasteiger partial charge in [0.25, 0.3) is 0 Å². The highest BCUT2D eigenvalue weighted by Gasteiger charge is 2.33. The van der Waals surface area contributed by atoms with Crippen LogP contribution in [0.5, 0.6) is 0 Å². The summed E-state index contributed by atoms with van der Waals surface area (Å²) in [5.74, 6) is 0.302. The molecule has 0 radical (unpaired) electrons. The Kier molecular flexibility index (Phi) is 5.53. The molecule has 0 fully saturated rings. The van der Waals surface area contributed by atoms with E-state index >= 15 is 0 Å². The van der Waals surface area contributed by atoms with Gasteiger partial charge in [0.1, 0.15) is 0 Å². The van der Waals surface area contributed by atoms with Gasteiger partial charge in [0.15, 0.2) is 0 Å². The summed E-state index contributed by atoms with van der Waals surface area (Å²) >= 11 is 0. The second-order valence-corrected chi connectivity index (χ2v) is 7.21. The van der Waals surface area contributed by atoms with Crippen LogP contribution in [0.3, 0.4) is 0 Å². The third-order valence-electron chi connectivity index (χ3n) is 5.16. The van der Waals surface area contributed by atoms with E-state index in [4.69, 9.17) is 0 Å². The molecule has 2 atom stereocenters. The predicted octanol–water partition coefficient (Wildman–Crippen LogP) is 2.49. The van der Waals surface area contributed by atoms with Crippen LogP contribution in [-0.2, 0) is 24.3 Å². The van der Waals surface area contributed by atoms with Crippen LogP contribution < -0.4 is 0 Å². The lowest BCUT2D eigenvalue weighted by Gasteiger charge is -2.37. The zero-order chi connectivity index (χ0) is 17.8. The van der Waals surface area contributed by atoms with Crippen LogP contribution in [0.1, 0.15) is 31.5 Å². The number of rotatable bonds is 6. The first-order valence-corrected chi connectivity index (χ1v) is 9.04. The van der Waals surface area contributed by atoms with E-state index in [0.717, 1.165) is 30.6 Å². The molecule has 0 saturated carbocycles. The summed E-state index contributed by atoms with van der Waals surface area (Å²) < 4.78 is 2.12. The summed E-state index contributed by atoms with van der Waals surface area (Å²) in [6, 6.07) is 9.85. The highest BCUT2D eigenvalue weighted by atomic mass is 16.3. The molecule has 5 nitrogen and oxygen atoms in total. The number of aliphatic hydroxyl groups excluding tert-OH is 1. The van der Waals surface area contributed by atoms with Crippen molar-refractivity contribution in [2.24, 2.45) is 11.8 Å². The minimum Gasteiger partial charge on any atom is -0.394 e. The van der Waals surface area contributed by atoms with E-state index in [2.05, 4.69) is 23.4 Å². The molecule has 25 heavy (non-hydrogen) atoms. The molecular formula is C20H27N3O2. The lowest BCUT2D eigenvalue weighted by molar-refractivity contribution is -0.141. The number of hydrogen-bond acceptors (Lipinski definition) is 3. The van der Waals surface area contributed by atoms with Crippen molar-refractivity contribution in [2.45, 2.75) is 45.8 Å². The van der Waals surface area contributed by atoms with Gasteiger partial charge >= 0.3 is 0 Å². The molecule has 1 N–H and O–H groups in total. The van der Waals surface area contributed by atoms with E-state index in [0.29, 0.717) is 6.54 Å². The van der Waals surface area contributed by atoms with Gasteiger partial charge in [-0.05, 0) is 17.9 Å². The molecule has 5 heteroatoms. The van der Waals surface area contributed by atoms with E-state index in [9.17, 15) is 9.90 Å². The molecule has 1 aromatic heterocycles. The third kappa shape index (κ3) is 3.93. The lowest BCUT2D eigenvalue weighted by atomic mass is 9.92. The Labute approximate surface area is 149 Å². The van der Waals surface area contributed by atoms with Gasteiger partial charge in [-0.3, -0.25) is 4.79 Å². The third-order valence-corrected chi connectivity index (χ3v) is 5.16. The summed E-state index contributed by atoms with van der Waals surface area (Å²) in [6.45, 7) is 5.47. The molecule has 3 rings (SSSR count). The van der Waals surface area contributed by atoms with Crippen LogP contribution in [0.4, 0.5) is 0 Å². The number of benzene rings is 1. The molecule has 2 aromatic rings. The van der Waals surface area contributed by atoms with Crippen LogP contribution >= 0.6 is 0 Å². The molecule has 0 unspecified atom stereocenters. The lowest BCUT2D eigenvalue weighted by Crippen LogP contribution is -2.48. The number of amides is 1. The first-order chi connectivity index (χ1) is 12.1. The molecular weight excluding hydrogens is 314 g/mol. The van der Waals surface area contributed by atoms with Crippen LogP contribution in [-0.4, -0.2) is 38.1 Å². The van der Waals surface area contributed by atoms with Gasteiger partial charge in [0.2, 0.25) is 5.91 Å². The van der Waals surface area contributed by atoms with Gasteiger partial charge in [-0.15, -0.1) is 0 Å². The van der Waals surface area contributed by atoms with E-state index in [1.165, 1.54) is 0 Å². The summed E-state index contributed by atoms with van der Waals surface area (Å²) in [5.41, 5.74) is 2.21. The van der Waals surface area contributed by atoms with Crippen molar-refractivity contribution in [3.8, 4) is 0 Å². The van der Waals surface area contributed by atoms with Crippen molar-refractivity contribution in [1.29, 1.82) is 0 Å². The minimum absolute atomic E-state index is 0.0130. The molecule has 1 aliphatic rings. The summed E-state index contributed by atoms with van der Waals surface area (Å²) in [5, 5.41) is 9.91. The Hall–Kier alpha value is -2.14. The second kappa shape index (κ2) is 7.83. The largest absolute Gasteiger partial charge is 0.394 e. The van der Waals surface area contributed by atoms with Crippen molar-refractivity contribution < 1.29 is 9.90 Å². The fourth-order valence-electron chi connectivity index (χ4n) is 3.62. The number of fused-ring (bicyclic) bond motifs is 1. The maximum atomic E-state index is 13.3. The fourth-order valence-corrected chi connectivity index (χ4v) is 3.62. The monoisotopic (exact) mass is 341 g/mol. The molecule has 0 spiro atoms. The van der Waals surface area contributed by atoms with E-state index in [1.807, 2.05) is 47.8 Å². The van der Waals surface area contributed by atoms with Gasteiger partial charge in [-0.1, -0.05) is 44.2 Å². The van der Waals surface area contributed by atoms with Crippen molar-refractivity contribution in [2.75, 3.05) is 6.61 Å². The number of hydrogen-bond donors (Lipinski definition) is 1. The summed E-state index contributed by atoms with van der Waals surface area (Å²) in [6.07, 6.45) is 5.24. The standard InChI is InChI=1S/C20H27N3O2/c1-15(2)19(13-24)23(12-16-6-4-3-5-7-16)20(25)17-8-9-22-14-21-11-18(22)10-17/h3-7,11,14-15,17,19,24H,8-10,12-13H2,1-2H3/t17-,19-/m0/s1. The van der Waals surface area contributed by atoms with Gasteiger partial charge in [-0.2, -0.15) is 0 Å². The highest BCUT2D eigenvalue weighted by molar-refractivity contribution is 5.79.